The van der Waals surface area contributed by atoms with Crippen LogP contribution in [0.15, 0.2) is 28.8 Å². The molecule has 0 saturated carbocycles. The number of hydrogen-bond acceptors (Lipinski definition) is 5. The molecule has 1 aromatic heterocycles. The van der Waals surface area contributed by atoms with Crippen LogP contribution in [0, 0.1) is 0 Å². The van der Waals surface area contributed by atoms with Crippen LogP contribution >= 0.6 is 0 Å². The zero-order valence-corrected chi connectivity index (χ0v) is 9.46. The van der Waals surface area contributed by atoms with Gasteiger partial charge in [-0.3, -0.25) is 0 Å². The molecule has 2 unspecified atom stereocenters. The largest absolute Gasteiger partial charge is 0.492 e. The third-order valence-electron chi connectivity index (χ3n) is 2.86. The first-order chi connectivity index (χ1) is 8.25. The quantitative estimate of drug-likeness (QED) is 0.850. The van der Waals surface area contributed by atoms with E-state index in [1.165, 1.54) is 0 Å². The Morgan fingerprint density at radius 1 is 1.41 bits per heavy atom. The number of ether oxygens (including phenoxy) is 1. The van der Waals surface area contributed by atoms with Crippen LogP contribution in [0.4, 0.5) is 0 Å². The summed E-state index contributed by atoms with van der Waals surface area (Å²) in [5.41, 5.74) is 6.79. The number of para-hydroxylation sites is 1. The first kappa shape index (κ1) is 10.3. The van der Waals surface area contributed by atoms with Crippen LogP contribution in [0.3, 0.4) is 0 Å². The summed E-state index contributed by atoms with van der Waals surface area (Å²) in [7, 11) is 0. The summed E-state index contributed by atoms with van der Waals surface area (Å²) >= 11 is 0. The Balaban J connectivity index is 1.95. The van der Waals surface area contributed by atoms with Gasteiger partial charge in [-0.05, 0) is 13.0 Å². The highest BCUT2D eigenvalue weighted by Crippen LogP contribution is 2.37. The summed E-state index contributed by atoms with van der Waals surface area (Å²) in [5.74, 6) is 2.01. The maximum absolute atomic E-state index is 5.70. The number of nitrogens with zero attached hydrogens (tertiary/aromatic N) is 2. The van der Waals surface area contributed by atoms with Crippen molar-refractivity contribution in [3.63, 3.8) is 0 Å². The molecule has 0 aliphatic carbocycles. The minimum atomic E-state index is -0.218. The van der Waals surface area contributed by atoms with Gasteiger partial charge in [-0.1, -0.05) is 23.4 Å². The molecule has 0 fully saturated rings. The van der Waals surface area contributed by atoms with Gasteiger partial charge in [0.05, 0.1) is 6.04 Å². The van der Waals surface area contributed by atoms with E-state index in [1.807, 2.05) is 31.2 Å². The predicted octanol–water partition coefficient (Wildman–Crippen LogP) is 1.61. The molecule has 2 N–H and O–H groups in total. The molecule has 5 nitrogen and oxygen atoms in total. The lowest BCUT2D eigenvalue weighted by Crippen LogP contribution is -2.08. The van der Waals surface area contributed by atoms with Gasteiger partial charge in [0.1, 0.15) is 18.3 Å². The molecule has 0 bridgehead atoms. The molecule has 0 saturated heterocycles. The van der Waals surface area contributed by atoms with Gasteiger partial charge in [0.2, 0.25) is 5.89 Å². The molecule has 88 valence electrons. The van der Waals surface area contributed by atoms with Crippen LogP contribution in [0.5, 0.6) is 5.75 Å². The molecular weight excluding hydrogens is 218 g/mol. The lowest BCUT2D eigenvalue weighted by Gasteiger charge is -2.01. The van der Waals surface area contributed by atoms with Crippen LogP contribution in [-0.4, -0.2) is 16.7 Å². The molecule has 1 aromatic carbocycles. The third kappa shape index (κ3) is 1.68. The predicted molar refractivity (Wildman–Crippen MR) is 60.7 cm³/mol. The zero-order valence-electron chi connectivity index (χ0n) is 9.46. The van der Waals surface area contributed by atoms with Crippen LogP contribution in [-0.2, 0) is 0 Å². The molecule has 1 aliphatic rings. The van der Waals surface area contributed by atoms with E-state index >= 15 is 0 Å². The number of hydrogen-bond donors (Lipinski definition) is 1. The van der Waals surface area contributed by atoms with Crippen molar-refractivity contribution in [3.8, 4) is 5.75 Å². The molecule has 5 heteroatoms. The first-order valence-corrected chi connectivity index (χ1v) is 5.56. The van der Waals surface area contributed by atoms with E-state index < -0.39 is 0 Å². The SMILES string of the molecule is CC(N)c1noc(C2COc3ccccc32)n1. The summed E-state index contributed by atoms with van der Waals surface area (Å²) in [6.07, 6.45) is 0. The Morgan fingerprint density at radius 2 is 2.24 bits per heavy atom. The van der Waals surface area contributed by atoms with Crippen molar-refractivity contribution in [1.82, 2.24) is 10.1 Å². The highest BCUT2D eigenvalue weighted by Gasteiger charge is 2.30. The van der Waals surface area contributed by atoms with Gasteiger partial charge >= 0.3 is 0 Å². The van der Waals surface area contributed by atoms with Gasteiger partial charge in [0.15, 0.2) is 5.82 Å². The highest BCUT2D eigenvalue weighted by molar-refractivity contribution is 5.42. The van der Waals surface area contributed by atoms with Gasteiger partial charge in [0, 0.05) is 5.56 Å². The van der Waals surface area contributed by atoms with Gasteiger partial charge in [0.25, 0.3) is 0 Å². The summed E-state index contributed by atoms with van der Waals surface area (Å²) < 4.78 is 10.8. The second kappa shape index (κ2) is 3.85. The molecule has 17 heavy (non-hydrogen) atoms. The van der Waals surface area contributed by atoms with Gasteiger partial charge < -0.3 is 15.0 Å². The molecule has 2 heterocycles. The van der Waals surface area contributed by atoms with Gasteiger partial charge in [-0.25, -0.2) is 0 Å². The fraction of sp³-hybridized carbons (Fsp3) is 0.333. The van der Waals surface area contributed by atoms with Crippen LogP contribution in [0.25, 0.3) is 0 Å². The van der Waals surface area contributed by atoms with Crippen molar-refractivity contribution in [2.45, 2.75) is 18.9 Å². The fourth-order valence-electron chi connectivity index (χ4n) is 1.94. The Kier molecular flexibility index (Phi) is 2.33. The van der Waals surface area contributed by atoms with Crippen LogP contribution in [0.2, 0.25) is 0 Å². The molecule has 2 atom stereocenters. The number of benzene rings is 1. The van der Waals surface area contributed by atoms with E-state index in [4.69, 9.17) is 15.0 Å². The highest BCUT2D eigenvalue weighted by atomic mass is 16.5. The lowest BCUT2D eigenvalue weighted by atomic mass is 10.0. The standard InChI is InChI=1S/C12H13N3O2/c1-7(13)11-14-12(17-15-11)9-6-16-10-5-3-2-4-8(9)10/h2-5,7,9H,6,13H2,1H3. The Morgan fingerprint density at radius 3 is 3.00 bits per heavy atom. The summed E-state index contributed by atoms with van der Waals surface area (Å²) in [6.45, 7) is 2.37. The van der Waals surface area contributed by atoms with Crippen molar-refractivity contribution >= 4 is 0 Å². The zero-order chi connectivity index (χ0) is 11.8. The van der Waals surface area contributed by atoms with E-state index in [1.54, 1.807) is 0 Å². The molecule has 0 spiro atoms. The van der Waals surface area contributed by atoms with E-state index in [9.17, 15) is 0 Å². The van der Waals surface area contributed by atoms with Crippen LogP contribution < -0.4 is 10.5 Å². The topological polar surface area (TPSA) is 74.2 Å². The van der Waals surface area contributed by atoms with Gasteiger partial charge in [-0.15, -0.1) is 0 Å². The van der Waals surface area contributed by atoms with E-state index in [2.05, 4.69) is 10.1 Å². The molecular formula is C12H13N3O2. The molecule has 3 rings (SSSR count). The van der Waals surface area contributed by atoms with Crippen LogP contribution in [0.1, 0.15) is 36.2 Å². The molecule has 1 aliphatic heterocycles. The number of nitrogens with two attached hydrogens (primary N) is 1. The number of rotatable bonds is 2. The van der Waals surface area contributed by atoms with Crippen molar-refractivity contribution in [2.24, 2.45) is 5.73 Å². The summed E-state index contributed by atoms with van der Waals surface area (Å²) in [5, 5.41) is 3.87. The minimum absolute atomic E-state index is 0.0196. The average Bonchev–Trinajstić information content (AvgIpc) is 2.95. The number of aromatic nitrogens is 2. The Hall–Kier alpha value is -1.88. The second-order valence-electron chi connectivity index (χ2n) is 4.18. The first-order valence-electron chi connectivity index (χ1n) is 5.56. The van der Waals surface area contributed by atoms with Gasteiger partial charge in [-0.2, -0.15) is 4.98 Å². The average molecular weight is 231 g/mol. The van der Waals surface area contributed by atoms with Crippen molar-refractivity contribution in [3.05, 3.63) is 41.5 Å². The third-order valence-corrected chi connectivity index (χ3v) is 2.86. The molecule has 0 amide bonds. The Bertz CT molecular complexity index is 536. The minimum Gasteiger partial charge on any atom is -0.492 e. The smallest absolute Gasteiger partial charge is 0.237 e. The second-order valence-corrected chi connectivity index (χ2v) is 4.18. The van der Waals surface area contributed by atoms with E-state index in [-0.39, 0.29) is 12.0 Å². The monoisotopic (exact) mass is 231 g/mol. The van der Waals surface area contributed by atoms with Crippen molar-refractivity contribution in [1.29, 1.82) is 0 Å². The normalized spacial score (nSPS) is 19.8. The fourth-order valence-corrected chi connectivity index (χ4v) is 1.94. The van der Waals surface area contributed by atoms with E-state index in [0.29, 0.717) is 18.3 Å². The maximum atomic E-state index is 5.70. The Labute approximate surface area is 98.6 Å². The maximum Gasteiger partial charge on any atom is 0.237 e. The molecule has 0 radical (unpaired) electrons. The summed E-state index contributed by atoms with van der Waals surface area (Å²) in [6, 6.07) is 7.66. The van der Waals surface area contributed by atoms with E-state index in [0.717, 1.165) is 11.3 Å². The number of fused-ring (bicyclic) bond motifs is 1. The lowest BCUT2D eigenvalue weighted by molar-refractivity contribution is 0.304. The summed E-state index contributed by atoms with van der Waals surface area (Å²) in [4.78, 5) is 4.31. The molecule has 2 aromatic rings. The van der Waals surface area contributed by atoms with Crippen molar-refractivity contribution in [2.75, 3.05) is 6.61 Å². The van der Waals surface area contributed by atoms with Crippen molar-refractivity contribution < 1.29 is 9.26 Å².